The highest BCUT2D eigenvalue weighted by atomic mass is 16.2. The first-order valence-corrected chi connectivity index (χ1v) is 7.64. The Kier molecular flexibility index (Phi) is 4.31. The maximum absolute atomic E-state index is 12.6. The summed E-state index contributed by atoms with van der Waals surface area (Å²) in [6.07, 6.45) is 6.54. The summed E-state index contributed by atoms with van der Waals surface area (Å²) in [5.74, 6) is 1.43. The number of amides is 1. The van der Waals surface area contributed by atoms with Gasteiger partial charge in [-0.15, -0.1) is 0 Å². The first-order valence-electron chi connectivity index (χ1n) is 7.64. The topological polar surface area (TPSA) is 32.3 Å². The van der Waals surface area contributed by atoms with Crippen LogP contribution < -0.4 is 5.32 Å². The maximum Gasteiger partial charge on any atom is 0.241 e. The van der Waals surface area contributed by atoms with Crippen molar-refractivity contribution in [2.24, 2.45) is 11.8 Å². The zero-order chi connectivity index (χ0) is 13.3. The highest BCUT2D eigenvalue weighted by molar-refractivity contribution is 5.84. The van der Waals surface area contributed by atoms with E-state index in [-0.39, 0.29) is 12.2 Å². The van der Waals surface area contributed by atoms with Crippen molar-refractivity contribution in [3.05, 3.63) is 0 Å². The van der Waals surface area contributed by atoms with Crippen molar-refractivity contribution in [3.8, 4) is 0 Å². The molecular formula is C15H28N2O. The molecule has 3 atom stereocenters. The normalized spacial score (nSPS) is 31.6. The molecule has 3 unspecified atom stereocenters. The molecule has 0 aromatic carbocycles. The number of carbonyl (C=O) groups excluding carboxylic acids is 1. The molecule has 104 valence electrons. The average molecular weight is 252 g/mol. The molecule has 2 aliphatic rings. The molecule has 1 aliphatic heterocycles. The van der Waals surface area contributed by atoms with Gasteiger partial charge >= 0.3 is 0 Å². The zero-order valence-electron chi connectivity index (χ0n) is 12.3. The van der Waals surface area contributed by atoms with E-state index in [0.29, 0.717) is 17.9 Å². The Morgan fingerprint density at radius 1 is 1.28 bits per heavy atom. The van der Waals surface area contributed by atoms with E-state index in [1.807, 2.05) is 0 Å². The van der Waals surface area contributed by atoms with Crippen molar-refractivity contribution < 1.29 is 4.79 Å². The smallest absolute Gasteiger partial charge is 0.241 e. The number of hydrogen-bond donors (Lipinski definition) is 1. The summed E-state index contributed by atoms with van der Waals surface area (Å²) in [4.78, 5) is 14.7. The molecule has 0 bridgehead atoms. The van der Waals surface area contributed by atoms with Crippen molar-refractivity contribution >= 4 is 5.91 Å². The van der Waals surface area contributed by atoms with Crippen LogP contribution in [0.1, 0.15) is 59.8 Å². The maximum atomic E-state index is 12.6. The number of nitrogens with zero attached hydrogens (tertiary/aromatic N) is 1. The Bertz CT molecular complexity index is 297. The molecule has 1 heterocycles. The van der Waals surface area contributed by atoms with Gasteiger partial charge in [0, 0.05) is 6.04 Å². The van der Waals surface area contributed by atoms with Crippen LogP contribution in [0, 0.1) is 11.8 Å². The molecule has 1 aliphatic carbocycles. The number of nitrogens with one attached hydrogen (secondary N) is 1. The lowest BCUT2D eigenvalue weighted by Gasteiger charge is -2.33. The molecular weight excluding hydrogens is 224 g/mol. The lowest BCUT2D eigenvalue weighted by atomic mass is 9.97. The quantitative estimate of drug-likeness (QED) is 0.834. The Morgan fingerprint density at radius 2 is 1.89 bits per heavy atom. The van der Waals surface area contributed by atoms with Gasteiger partial charge in [0.1, 0.15) is 0 Å². The second-order valence-corrected chi connectivity index (χ2v) is 6.34. The first-order chi connectivity index (χ1) is 8.56. The molecule has 0 radical (unpaired) electrons. The van der Waals surface area contributed by atoms with Crippen LogP contribution in [0.5, 0.6) is 0 Å². The molecule has 0 aromatic heterocycles. The molecule has 3 nitrogen and oxygen atoms in total. The third-order valence-corrected chi connectivity index (χ3v) is 4.80. The van der Waals surface area contributed by atoms with Gasteiger partial charge in [0.15, 0.2) is 0 Å². The Hall–Kier alpha value is -0.570. The summed E-state index contributed by atoms with van der Waals surface area (Å²) >= 11 is 0. The molecule has 1 saturated carbocycles. The van der Waals surface area contributed by atoms with Gasteiger partial charge in [0.25, 0.3) is 0 Å². The van der Waals surface area contributed by atoms with Crippen LogP contribution in [0.2, 0.25) is 0 Å². The van der Waals surface area contributed by atoms with E-state index < -0.39 is 0 Å². The molecule has 2 rings (SSSR count). The molecule has 1 saturated heterocycles. The van der Waals surface area contributed by atoms with E-state index in [2.05, 4.69) is 37.9 Å². The van der Waals surface area contributed by atoms with Crippen molar-refractivity contribution in [2.75, 3.05) is 0 Å². The predicted octanol–water partition coefficient (Wildman–Crippen LogP) is 2.76. The summed E-state index contributed by atoms with van der Waals surface area (Å²) in [7, 11) is 0. The van der Waals surface area contributed by atoms with Crippen LogP contribution in [0.15, 0.2) is 0 Å². The summed E-state index contributed by atoms with van der Waals surface area (Å²) in [6, 6.07) is 0.431. The minimum absolute atomic E-state index is 0.0267. The van der Waals surface area contributed by atoms with E-state index in [9.17, 15) is 4.79 Å². The van der Waals surface area contributed by atoms with Gasteiger partial charge < -0.3 is 4.90 Å². The number of rotatable bonds is 4. The lowest BCUT2D eigenvalue weighted by molar-refractivity contribution is -0.133. The van der Waals surface area contributed by atoms with Crippen LogP contribution >= 0.6 is 0 Å². The fraction of sp³-hybridized carbons (Fsp3) is 0.933. The minimum atomic E-state index is 0.0267. The zero-order valence-corrected chi connectivity index (χ0v) is 12.3. The summed E-state index contributed by atoms with van der Waals surface area (Å²) < 4.78 is 0. The van der Waals surface area contributed by atoms with Gasteiger partial charge in [-0.1, -0.05) is 33.6 Å². The third-order valence-electron chi connectivity index (χ3n) is 4.80. The van der Waals surface area contributed by atoms with Crippen LogP contribution in [-0.4, -0.2) is 29.1 Å². The highest BCUT2D eigenvalue weighted by Gasteiger charge is 2.43. The van der Waals surface area contributed by atoms with Gasteiger partial charge in [-0.25, -0.2) is 0 Å². The highest BCUT2D eigenvalue weighted by Crippen LogP contribution is 2.33. The van der Waals surface area contributed by atoms with Gasteiger partial charge in [0.2, 0.25) is 5.91 Å². The number of carbonyl (C=O) groups is 1. The average Bonchev–Trinajstić information content (AvgIpc) is 2.95. The molecule has 0 aromatic rings. The Labute approximate surface area is 111 Å². The van der Waals surface area contributed by atoms with Crippen LogP contribution in [0.4, 0.5) is 0 Å². The van der Waals surface area contributed by atoms with E-state index >= 15 is 0 Å². The lowest BCUT2D eigenvalue weighted by Crippen LogP contribution is -2.45. The van der Waals surface area contributed by atoms with E-state index in [1.165, 1.54) is 25.7 Å². The van der Waals surface area contributed by atoms with Gasteiger partial charge in [-0.2, -0.15) is 0 Å². The monoisotopic (exact) mass is 252 g/mol. The van der Waals surface area contributed by atoms with Crippen molar-refractivity contribution in [1.82, 2.24) is 10.2 Å². The van der Waals surface area contributed by atoms with Crippen molar-refractivity contribution in [1.29, 1.82) is 0 Å². The van der Waals surface area contributed by atoms with Gasteiger partial charge in [-0.05, 0) is 38.0 Å². The van der Waals surface area contributed by atoms with Crippen LogP contribution in [0.3, 0.4) is 0 Å². The standard InChI is InChI=1S/C15H28N2O/c1-5-13-16-14(10(2)3)15(18)17(13)11(4)12-8-6-7-9-12/h10-14,16H,5-9H2,1-4H3. The second-order valence-electron chi connectivity index (χ2n) is 6.34. The number of hydrogen-bond acceptors (Lipinski definition) is 2. The summed E-state index contributed by atoms with van der Waals surface area (Å²) in [6.45, 7) is 8.68. The first kappa shape index (κ1) is 13.9. The molecule has 3 heteroatoms. The van der Waals surface area contributed by atoms with Gasteiger partial charge in [-0.3, -0.25) is 10.1 Å². The summed E-state index contributed by atoms with van der Waals surface area (Å²) in [5.41, 5.74) is 0. The van der Waals surface area contributed by atoms with Crippen molar-refractivity contribution in [2.45, 2.75) is 78.0 Å². The molecule has 18 heavy (non-hydrogen) atoms. The fourth-order valence-electron chi connectivity index (χ4n) is 3.62. The molecule has 0 spiro atoms. The Morgan fingerprint density at radius 3 is 2.39 bits per heavy atom. The predicted molar refractivity (Wildman–Crippen MR) is 74.1 cm³/mol. The molecule has 2 fully saturated rings. The SMILES string of the molecule is CCC1NC(C(C)C)C(=O)N1C(C)C1CCCC1. The van der Waals surface area contributed by atoms with Crippen molar-refractivity contribution in [3.63, 3.8) is 0 Å². The molecule has 1 N–H and O–H groups in total. The van der Waals surface area contributed by atoms with Crippen LogP contribution in [-0.2, 0) is 4.79 Å². The third kappa shape index (κ3) is 2.42. The fourth-order valence-corrected chi connectivity index (χ4v) is 3.62. The summed E-state index contributed by atoms with van der Waals surface area (Å²) in [5, 5.41) is 3.52. The van der Waals surface area contributed by atoms with E-state index in [4.69, 9.17) is 0 Å². The van der Waals surface area contributed by atoms with E-state index in [0.717, 1.165) is 12.3 Å². The largest absolute Gasteiger partial charge is 0.323 e. The van der Waals surface area contributed by atoms with Crippen LogP contribution in [0.25, 0.3) is 0 Å². The van der Waals surface area contributed by atoms with Gasteiger partial charge in [0.05, 0.1) is 12.2 Å². The second kappa shape index (κ2) is 5.60. The van der Waals surface area contributed by atoms with E-state index in [1.54, 1.807) is 0 Å². The Balaban J connectivity index is 2.11. The minimum Gasteiger partial charge on any atom is -0.323 e. The molecule has 1 amide bonds.